The summed E-state index contributed by atoms with van der Waals surface area (Å²) in [5.74, 6) is -0.742. The van der Waals surface area contributed by atoms with Gasteiger partial charge in [-0.05, 0) is 38.3 Å². The number of nitrogens with zero attached hydrogens (tertiary/aromatic N) is 5. The highest BCUT2D eigenvalue weighted by Crippen LogP contribution is 2.35. The molecule has 7 nitrogen and oxygen atoms in total. The van der Waals surface area contributed by atoms with Crippen molar-refractivity contribution in [2.75, 3.05) is 0 Å². The summed E-state index contributed by atoms with van der Waals surface area (Å²) in [5, 5.41) is 10.5. The van der Waals surface area contributed by atoms with Crippen molar-refractivity contribution < 1.29 is 31.1 Å². The van der Waals surface area contributed by atoms with Crippen molar-refractivity contribution in [1.29, 1.82) is 0 Å². The number of aromatic nitrogens is 5. The first-order valence-corrected chi connectivity index (χ1v) is 9.90. The lowest BCUT2D eigenvalue weighted by atomic mass is 9.91. The number of hydrogen-bond donors (Lipinski definition) is 1. The molecule has 1 amide bonds. The minimum Gasteiger partial charge on any atom is -0.344 e. The zero-order valence-corrected chi connectivity index (χ0v) is 17.4. The smallest absolute Gasteiger partial charge is 0.344 e. The molecule has 13 heteroatoms. The van der Waals surface area contributed by atoms with E-state index in [2.05, 4.69) is 20.5 Å². The third-order valence-electron chi connectivity index (χ3n) is 5.48. The monoisotopic (exact) mass is 472 g/mol. The number of amides is 1. The number of alkyl halides is 6. The summed E-state index contributed by atoms with van der Waals surface area (Å²) in [6.45, 7) is 1.66. The number of aryl methyl sites for hydroxylation is 2. The highest BCUT2D eigenvalue weighted by molar-refractivity contribution is 5.93. The van der Waals surface area contributed by atoms with E-state index in [9.17, 15) is 31.1 Å². The molecule has 3 aromatic heterocycles. The van der Waals surface area contributed by atoms with Crippen LogP contribution in [0.4, 0.5) is 26.3 Å². The number of fused-ring (bicyclic) bond motifs is 1. The zero-order chi connectivity index (χ0) is 24.1. The standard InChI is InChI=1S/C20H18F6N6O/c1-10-17-12(28-18(33)14-9-16(20(24,25)26)30-31(14)2)4-3-5-13(17)29-32(10)11-6-7-27-15(8-11)19(21,22)23/h6-9,12H,3-5H2,1-2H3,(H,28,33)/t12-/m1/s1. The fourth-order valence-electron chi connectivity index (χ4n) is 3.98. The molecule has 3 aromatic rings. The molecule has 0 fully saturated rings. The van der Waals surface area contributed by atoms with E-state index in [1.54, 1.807) is 6.92 Å². The molecule has 0 bridgehead atoms. The van der Waals surface area contributed by atoms with Crippen LogP contribution in [0.1, 0.15) is 57.7 Å². The van der Waals surface area contributed by atoms with Crippen molar-refractivity contribution in [2.45, 2.75) is 44.6 Å². The van der Waals surface area contributed by atoms with Crippen LogP contribution < -0.4 is 5.32 Å². The molecule has 33 heavy (non-hydrogen) atoms. The molecule has 0 saturated heterocycles. The lowest BCUT2D eigenvalue weighted by Gasteiger charge is -2.23. The fourth-order valence-corrected chi connectivity index (χ4v) is 3.98. The SMILES string of the molecule is Cc1c2c(nn1-c1ccnc(C(F)(F)F)c1)CCC[C@H]2NC(=O)c1cc(C(F)(F)F)nn1C. The van der Waals surface area contributed by atoms with E-state index in [1.807, 2.05) is 0 Å². The Hall–Kier alpha value is -3.38. The van der Waals surface area contributed by atoms with Crippen LogP contribution in [0.2, 0.25) is 0 Å². The maximum absolute atomic E-state index is 13.1. The number of halogens is 6. The Kier molecular flexibility index (Phi) is 5.45. The second-order valence-corrected chi connectivity index (χ2v) is 7.71. The van der Waals surface area contributed by atoms with Crippen molar-refractivity contribution in [3.05, 3.63) is 58.4 Å². The van der Waals surface area contributed by atoms with Gasteiger partial charge in [0.2, 0.25) is 0 Å². The highest BCUT2D eigenvalue weighted by atomic mass is 19.4. The van der Waals surface area contributed by atoms with Crippen molar-refractivity contribution in [1.82, 2.24) is 29.9 Å². The summed E-state index contributed by atoms with van der Waals surface area (Å²) >= 11 is 0. The lowest BCUT2D eigenvalue weighted by molar-refractivity contribution is -0.142. The van der Waals surface area contributed by atoms with Gasteiger partial charge in [0.1, 0.15) is 11.4 Å². The molecule has 0 saturated carbocycles. The zero-order valence-electron chi connectivity index (χ0n) is 17.4. The van der Waals surface area contributed by atoms with Gasteiger partial charge in [0.25, 0.3) is 5.91 Å². The predicted molar refractivity (Wildman–Crippen MR) is 102 cm³/mol. The van der Waals surface area contributed by atoms with E-state index in [4.69, 9.17) is 0 Å². The first-order chi connectivity index (χ1) is 15.4. The Morgan fingerprint density at radius 2 is 1.79 bits per heavy atom. The van der Waals surface area contributed by atoms with Crippen molar-refractivity contribution in [2.24, 2.45) is 7.05 Å². The van der Waals surface area contributed by atoms with Gasteiger partial charge in [-0.1, -0.05) is 0 Å². The predicted octanol–water partition coefficient (Wildman–Crippen LogP) is 4.15. The van der Waals surface area contributed by atoms with Gasteiger partial charge in [0.05, 0.1) is 17.4 Å². The average molecular weight is 472 g/mol. The summed E-state index contributed by atoms with van der Waals surface area (Å²) in [5.41, 5.74) is -0.570. The molecule has 1 aliphatic rings. The molecule has 0 spiro atoms. The molecule has 1 atom stereocenters. The molecule has 0 radical (unpaired) electrons. The molecule has 0 aliphatic heterocycles. The molecular weight excluding hydrogens is 454 g/mol. The van der Waals surface area contributed by atoms with Gasteiger partial charge in [0, 0.05) is 30.6 Å². The summed E-state index contributed by atoms with van der Waals surface area (Å²) < 4.78 is 80.2. The molecular formula is C20H18F6N6O. The Bertz CT molecular complexity index is 1210. The van der Waals surface area contributed by atoms with E-state index in [0.29, 0.717) is 42.3 Å². The molecule has 1 N–H and O–H groups in total. The average Bonchev–Trinajstić information content (AvgIpc) is 3.28. The number of carbonyl (C=O) groups is 1. The Morgan fingerprint density at radius 1 is 1.09 bits per heavy atom. The van der Waals surface area contributed by atoms with E-state index < -0.39 is 35.7 Å². The van der Waals surface area contributed by atoms with Crippen LogP contribution in [0.25, 0.3) is 5.69 Å². The Labute approximate surface area is 183 Å². The van der Waals surface area contributed by atoms with Crippen LogP contribution in [-0.4, -0.2) is 30.5 Å². The van der Waals surface area contributed by atoms with Crippen LogP contribution in [0.15, 0.2) is 24.4 Å². The van der Waals surface area contributed by atoms with Crippen LogP contribution in [-0.2, 0) is 25.8 Å². The third-order valence-corrected chi connectivity index (χ3v) is 5.48. The number of nitrogens with one attached hydrogen (secondary N) is 1. The fraction of sp³-hybridized carbons (Fsp3) is 0.400. The van der Waals surface area contributed by atoms with Crippen LogP contribution in [0.3, 0.4) is 0 Å². The maximum atomic E-state index is 13.1. The van der Waals surface area contributed by atoms with Crippen molar-refractivity contribution in [3.8, 4) is 5.69 Å². The summed E-state index contributed by atoms with van der Waals surface area (Å²) in [6.07, 6.45) is -6.58. The first-order valence-electron chi connectivity index (χ1n) is 9.90. The minimum atomic E-state index is -4.69. The van der Waals surface area contributed by atoms with Gasteiger partial charge < -0.3 is 5.32 Å². The molecule has 0 aromatic carbocycles. The normalized spacial score (nSPS) is 16.5. The van der Waals surface area contributed by atoms with E-state index in [1.165, 1.54) is 17.8 Å². The van der Waals surface area contributed by atoms with Gasteiger partial charge >= 0.3 is 12.4 Å². The lowest BCUT2D eigenvalue weighted by Crippen LogP contribution is -2.32. The highest BCUT2D eigenvalue weighted by Gasteiger charge is 2.36. The van der Waals surface area contributed by atoms with E-state index in [0.717, 1.165) is 16.9 Å². The molecule has 1 aliphatic carbocycles. The van der Waals surface area contributed by atoms with Crippen molar-refractivity contribution in [3.63, 3.8) is 0 Å². The number of pyridine rings is 1. The summed E-state index contributed by atoms with van der Waals surface area (Å²) in [4.78, 5) is 16.1. The molecule has 176 valence electrons. The summed E-state index contributed by atoms with van der Waals surface area (Å²) in [7, 11) is 1.24. The molecule has 4 rings (SSSR count). The van der Waals surface area contributed by atoms with Gasteiger partial charge in [0.15, 0.2) is 5.69 Å². The maximum Gasteiger partial charge on any atom is 0.435 e. The second kappa shape index (κ2) is 7.89. The largest absolute Gasteiger partial charge is 0.435 e. The molecule has 0 unspecified atom stereocenters. The molecule has 3 heterocycles. The van der Waals surface area contributed by atoms with Gasteiger partial charge in [-0.3, -0.25) is 14.5 Å². The third kappa shape index (κ3) is 4.31. The minimum absolute atomic E-state index is 0.163. The number of carbonyl (C=O) groups excluding carboxylic acids is 1. The van der Waals surface area contributed by atoms with E-state index in [-0.39, 0.29) is 11.4 Å². The summed E-state index contributed by atoms with van der Waals surface area (Å²) in [6, 6.07) is 2.38. The number of rotatable bonds is 3. The topological polar surface area (TPSA) is 77.6 Å². The van der Waals surface area contributed by atoms with Crippen LogP contribution in [0.5, 0.6) is 0 Å². The first kappa shape index (κ1) is 22.8. The van der Waals surface area contributed by atoms with Gasteiger partial charge in [-0.25, -0.2) is 4.68 Å². The Morgan fingerprint density at radius 3 is 2.42 bits per heavy atom. The quantitative estimate of drug-likeness (QED) is 0.581. The van der Waals surface area contributed by atoms with Crippen molar-refractivity contribution >= 4 is 5.91 Å². The van der Waals surface area contributed by atoms with Gasteiger partial charge in [-0.15, -0.1) is 0 Å². The number of hydrogen-bond acceptors (Lipinski definition) is 4. The second-order valence-electron chi connectivity index (χ2n) is 7.71. The Balaban J connectivity index is 1.65. The van der Waals surface area contributed by atoms with E-state index >= 15 is 0 Å². The van der Waals surface area contributed by atoms with Crippen LogP contribution in [0, 0.1) is 6.92 Å². The van der Waals surface area contributed by atoms with Gasteiger partial charge in [-0.2, -0.15) is 36.5 Å². The van der Waals surface area contributed by atoms with Crippen LogP contribution >= 0.6 is 0 Å².